The molecule has 0 unspecified atom stereocenters. The maximum atomic E-state index is 11.3. The third-order valence-electron chi connectivity index (χ3n) is 2.18. The minimum absolute atomic E-state index is 0.236. The van der Waals surface area contributed by atoms with Crippen LogP contribution in [-0.2, 0) is 0 Å². The van der Waals surface area contributed by atoms with E-state index in [0.29, 0.717) is 17.4 Å². The Balaban J connectivity index is 2.80. The average molecular weight is 192 g/mol. The van der Waals surface area contributed by atoms with Gasteiger partial charge in [-0.3, -0.25) is 0 Å². The predicted octanol–water partition coefficient (Wildman–Crippen LogP) is 0.849. The zero-order valence-electron chi connectivity index (χ0n) is 8.40. The molecule has 2 aromatic heterocycles. The molecule has 0 radical (unpaired) electrons. The highest BCUT2D eigenvalue weighted by Gasteiger charge is 2.08. The smallest absolute Gasteiger partial charge is 0.246 e. The third-order valence-corrected chi connectivity index (χ3v) is 2.18. The number of rotatable bonds is 1. The maximum Gasteiger partial charge on any atom is 0.349 e. The lowest BCUT2D eigenvalue weighted by Crippen LogP contribution is -2.14. The van der Waals surface area contributed by atoms with E-state index in [-0.39, 0.29) is 5.69 Å². The second-order valence-corrected chi connectivity index (χ2v) is 3.61. The number of H-pyrrole nitrogens is 1. The Kier molecular flexibility index (Phi) is 1.87. The molecular weight excluding hydrogens is 180 g/mol. The molecule has 0 aliphatic heterocycles. The molecule has 0 bridgehead atoms. The van der Waals surface area contributed by atoms with E-state index in [0.717, 1.165) is 5.69 Å². The van der Waals surface area contributed by atoms with Crippen molar-refractivity contribution in [2.75, 3.05) is 0 Å². The van der Waals surface area contributed by atoms with Gasteiger partial charge in [0.05, 0.1) is 0 Å². The van der Waals surface area contributed by atoms with Crippen LogP contribution in [0, 0.1) is 6.92 Å². The van der Waals surface area contributed by atoms with E-state index in [9.17, 15) is 4.79 Å². The predicted molar refractivity (Wildman–Crippen MR) is 52.4 cm³/mol. The summed E-state index contributed by atoms with van der Waals surface area (Å²) in [6, 6.07) is 1.83. The molecule has 0 aromatic carbocycles. The lowest BCUT2D eigenvalue weighted by Gasteiger charge is -2.05. The fourth-order valence-corrected chi connectivity index (χ4v) is 1.42. The quantitative estimate of drug-likeness (QED) is 0.728. The molecule has 0 fully saturated rings. The molecule has 0 atom stereocenters. The van der Waals surface area contributed by atoms with Crippen LogP contribution in [0.5, 0.6) is 0 Å². The maximum absolute atomic E-state index is 11.3. The first-order valence-corrected chi connectivity index (χ1v) is 4.54. The summed E-state index contributed by atoms with van der Waals surface area (Å²) in [6.45, 7) is 5.92. The van der Waals surface area contributed by atoms with Crippen molar-refractivity contribution in [2.24, 2.45) is 0 Å². The Morgan fingerprint density at radius 1 is 1.50 bits per heavy atom. The van der Waals surface area contributed by atoms with E-state index in [1.54, 1.807) is 6.92 Å². The summed E-state index contributed by atoms with van der Waals surface area (Å²) in [7, 11) is 0. The normalized spacial score (nSPS) is 11.4. The molecule has 5 heteroatoms. The average Bonchev–Trinajstić information content (AvgIpc) is 2.48. The Morgan fingerprint density at radius 2 is 2.21 bits per heavy atom. The second-order valence-electron chi connectivity index (χ2n) is 3.61. The number of aromatic nitrogens is 4. The Hall–Kier alpha value is -1.65. The number of nitrogens with zero attached hydrogens (tertiary/aromatic N) is 3. The topological polar surface area (TPSA) is 63.0 Å². The summed E-state index contributed by atoms with van der Waals surface area (Å²) in [6.07, 6.45) is 0. The number of fused-ring (bicyclic) bond motifs is 1. The summed E-state index contributed by atoms with van der Waals surface area (Å²) < 4.78 is 1.46. The molecule has 5 nitrogen and oxygen atoms in total. The van der Waals surface area contributed by atoms with Gasteiger partial charge in [0.15, 0.2) is 5.65 Å². The molecule has 2 rings (SSSR count). The first-order chi connectivity index (χ1) is 6.59. The highest BCUT2D eigenvalue weighted by Crippen LogP contribution is 2.12. The first kappa shape index (κ1) is 8.93. The molecule has 74 valence electrons. The van der Waals surface area contributed by atoms with E-state index < -0.39 is 0 Å². The fourth-order valence-electron chi connectivity index (χ4n) is 1.42. The van der Waals surface area contributed by atoms with E-state index in [4.69, 9.17) is 0 Å². The highest BCUT2D eigenvalue weighted by atomic mass is 16.1. The Bertz CT molecular complexity index is 523. The van der Waals surface area contributed by atoms with Crippen molar-refractivity contribution in [3.63, 3.8) is 0 Å². The number of aromatic amines is 1. The molecule has 1 N–H and O–H groups in total. The lowest BCUT2D eigenvalue weighted by molar-refractivity contribution is 0.792. The van der Waals surface area contributed by atoms with Gasteiger partial charge < -0.3 is 0 Å². The summed E-state index contributed by atoms with van der Waals surface area (Å²) in [5, 5.41) is 6.31. The fraction of sp³-hybridized carbons (Fsp3) is 0.444. The van der Waals surface area contributed by atoms with E-state index in [1.165, 1.54) is 4.40 Å². The lowest BCUT2D eigenvalue weighted by atomic mass is 10.1. The molecule has 0 aliphatic rings. The molecule has 0 spiro atoms. The molecular formula is C9H12N4O. The minimum Gasteiger partial charge on any atom is -0.246 e. The van der Waals surface area contributed by atoms with Gasteiger partial charge in [-0.25, -0.2) is 19.3 Å². The van der Waals surface area contributed by atoms with Crippen LogP contribution in [0.2, 0.25) is 0 Å². The second kappa shape index (κ2) is 2.94. The van der Waals surface area contributed by atoms with Crippen LogP contribution in [0.15, 0.2) is 10.9 Å². The van der Waals surface area contributed by atoms with Crippen LogP contribution in [0.4, 0.5) is 0 Å². The Labute approximate surface area is 80.8 Å². The van der Waals surface area contributed by atoms with Gasteiger partial charge in [-0.1, -0.05) is 13.8 Å². The molecule has 2 aromatic rings. The van der Waals surface area contributed by atoms with Gasteiger partial charge in [0, 0.05) is 11.8 Å². The van der Waals surface area contributed by atoms with Crippen LogP contribution >= 0.6 is 0 Å². The van der Waals surface area contributed by atoms with Gasteiger partial charge in [-0.2, -0.15) is 5.10 Å². The minimum atomic E-state index is -0.236. The van der Waals surface area contributed by atoms with Crippen LogP contribution in [0.1, 0.15) is 31.3 Å². The molecule has 0 saturated carbocycles. The van der Waals surface area contributed by atoms with Gasteiger partial charge in [0.25, 0.3) is 0 Å². The van der Waals surface area contributed by atoms with Gasteiger partial charge in [-0.15, -0.1) is 0 Å². The largest absolute Gasteiger partial charge is 0.349 e. The van der Waals surface area contributed by atoms with E-state index in [1.807, 2.05) is 6.07 Å². The summed E-state index contributed by atoms with van der Waals surface area (Å²) in [5.74, 6) is 1.01. The summed E-state index contributed by atoms with van der Waals surface area (Å²) in [5.41, 5.74) is 1.35. The van der Waals surface area contributed by atoms with E-state index in [2.05, 4.69) is 29.0 Å². The zero-order chi connectivity index (χ0) is 10.3. The van der Waals surface area contributed by atoms with Crippen molar-refractivity contribution in [3.8, 4) is 0 Å². The number of hydrogen-bond donors (Lipinski definition) is 1. The highest BCUT2D eigenvalue weighted by molar-refractivity contribution is 5.39. The molecule has 0 amide bonds. The summed E-state index contributed by atoms with van der Waals surface area (Å²) in [4.78, 5) is 15.6. The Morgan fingerprint density at radius 3 is 2.86 bits per heavy atom. The van der Waals surface area contributed by atoms with Crippen LogP contribution in [0.3, 0.4) is 0 Å². The van der Waals surface area contributed by atoms with Gasteiger partial charge in [0.2, 0.25) is 0 Å². The SMILES string of the molecule is Cc1nc(C(C)C)cc2n[nH]c(=O)n12. The summed E-state index contributed by atoms with van der Waals surface area (Å²) >= 11 is 0. The number of nitrogens with one attached hydrogen (secondary N) is 1. The van der Waals surface area contributed by atoms with Gasteiger partial charge >= 0.3 is 5.69 Å². The van der Waals surface area contributed by atoms with Crippen molar-refractivity contribution in [1.29, 1.82) is 0 Å². The standard InChI is InChI=1S/C9H12N4O/c1-5(2)7-4-8-11-12-9(14)13(8)6(3)10-7/h4-5H,1-3H3,(H,12,14). The van der Waals surface area contributed by atoms with Crippen molar-refractivity contribution < 1.29 is 0 Å². The monoisotopic (exact) mass is 192 g/mol. The van der Waals surface area contributed by atoms with E-state index >= 15 is 0 Å². The molecule has 14 heavy (non-hydrogen) atoms. The number of hydrogen-bond acceptors (Lipinski definition) is 3. The van der Waals surface area contributed by atoms with Gasteiger partial charge in [-0.05, 0) is 12.8 Å². The molecule has 2 heterocycles. The van der Waals surface area contributed by atoms with Gasteiger partial charge in [0.1, 0.15) is 5.82 Å². The van der Waals surface area contributed by atoms with Crippen molar-refractivity contribution in [2.45, 2.75) is 26.7 Å². The van der Waals surface area contributed by atoms with Crippen molar-refractivity contribution >= 4 is 5.65 Å². The molecule has 0 saturated heterocycles. The third kappa shape index (κ3) is 1.21. The number of aryl methyl sites for hydroxylation is 1. The molecule has 0 aliphatic carbocycles. The van der Waals surface area contributed by atoms with Crippen molar-refractivity contribution in [1.82, 2.24) is 19.6 Å². The van der Waals surface area contributed by atoms with Crippen molar-refractivity contribution in [3.05, 3.63) is 28.1 Å². The first-order valence-electron chi connectivity index (χ1n) is 4.54. The zero-order valence-corrected chi connectivity index (χ0v) is 8.40. The van der Waals surface area contributed by atoms with Crippen LogP contribution in [0.25, 0.3) is 5.65 Å². The van der Waals surface area contributed by atoms with Crippen LogP contribution < -0.4 is 5.69 Å². The van der Waals surface area contributed by atoms with Crippen LogP contribution in [-0.4, -0.2) is 19.6 Å².